The lowest BCUT2D eigenvalue weighted by Crippen LogP contribution is -2.34. The molecule has 3 rings (SSSR count). The average molecular weight is 385 g/mol. The molecule has 0 aliphatic carbocycles. The SMILES string of the molecule is CN1C/C(=C/c2cc(O)c(O)c(O)c2)C(=O)/C(=C/c2cc(O)c(O)c(O)c2)C1. The van der Waals surface area contributed by atoms with Crippen LogP contribution in [0.15, 0.2) is 35.4 Å². The van der Waals surface area contributed by atoms with Crippen LogP contribution in [0.2, 0.25) is 0 Å². The third-order valence-electron chi connectivity index (χ3n) is 4.33. The van der Waals surface area contributed by atoms with Gasteiger partial charge in [-0.05, 0) is 54.6 Å². The molecule has 1 aliphatic rings. The predicted octanol–water partition coefficient (Wildman–Crippen LogP) is 1.90. The van der Waals surface area contributed by atoms with Crippen molar-refractivity contribution in [3.8, 4) is 34.5 Å². The molecular weight excluding hydrogens is 366 g/mol. The van der Waals surface area contributed by atoms with Crippen molar-refractivity contribution >= 4 is 17.9 Å². The second kappa shape index (κ2) is 7.16. The highest BCUT2D eigenvalue weighted by Crippen LogP contribution is 2.37. The number of ketones is 1. The second-order valence-corrected chi connectivity index (χ2v) is 6.66. The minimum Gasteiger partial charge on any atom is -0.504 e. The number of likely N-dealkylation sites (tertiary alicyclic amines) is 1. The van der Waals surface area contributed by atoms with Gasteiger partial charge < -0.3 is 30.6 Å². The molecule has 0 amide bonds. The van der Waals surface area contributed by atoms with E-state index in [0.29, 0.717) is 35.4 Å². The van der Waals surface area contributed by atoms with E-state index in [-0.39, 0.29) is 5.78 Å². The summed E-state index contributed by atoms with van der Waals surface area (Å²) in [5.41, 5.74) is 1.45. The fourth-order valence-electron chi connectivity index (χ4n) is 3.03. The number of piperidine rings is 1. The number of Topliss-reactive ketones (excluding diaryl/α,β-unsaturated/α-hetero) is 1. The second-order valence-electron chi connectivity index (χ2n) is 6.66. The Morgan fingerprint density at radius 2 is 1.04 bits per heavy atom. The molecule has 0 spiro atoms. The number of likely N-dealkylation sites (N-methyl/N-ethyl adjacent to an activating group) is 1. The van der Waals surface area contributed by atoms with Crippen LogP contribution in [-0.2, 0) is 4.79 Å². The molecule has 8 nitrogen and oxygen atoms in total. The van der Waals surface area contributed by atoms with Crippen LogP contribution in [0.1, 0.15) is 11.1 Å². The summed E-state index contributed by atoms with van der Waals surface area (Å²) in [6.45, 7) is 0.648. The van der Waals surface area contributed by atoms with Gasteiger partial charge in [0.05, 0.1) is 0 Å². The van der Waals surface area contributed by atoms with Gasteiger partial charge in [0.15, 0.2) is 40.3 Å². The first-order valence-corrected chi connectivity index (χ1v) is 8.30. The molecule has 1 fully saturated rings. The molecule has 2 aromatic carbocycles. The third-order valence-corrected chi connectivity index (χ3v) is 4.33. The molecule has 28 heavy (non-hydrogen) atoms. The maximum Gasteiger partial charge on any atom is 0.200 e. The van der Waals surface area contributed by atoms with E-state index < -0.39 is 34.5 Å². The molecule has 0 bridgehead atoms. The summed E-state index contributed by atoms with van der Waals surface area (Å²) in [6, 6.07) is 4.90. The summed E-state index contributed by atoms with van der Waals surface area (Å²) in [5, 5.41) is 57.4. The molecule has 0 atom stereocenters. The molecule has 0 aromatic heterocycles. The molecule has 8 heteroatoms. The number of aromatic hydroxyl groups is 6. The van der Waals surface area contributed by atoms with Gasteiger partial charge in [0, 0.05) is 24.2 Å². The van der Waals surface area contributed by atoms with Gasteiger partial charge in [-0.3, -0.25) is 9.69 Å². The zero-order chi connectivity index (χ0) is 20.6. The lowest BCUT2D eigenvalue weighted by atomic mass is 9.94. The first kappa shape index (κ1) is 19.1. The van der Waals surface area contributed by atoms with Gasteiger partial charge in [-0.2, -0.15) is 0 Å². The standard InChI is InChI=1S/C20H19NO7/c1-21-8-12(2-10-4-14(22)19(27)15(23)5-10)18(26)13(9-21)3-11-6-16(24)20(28)17(25)7-11/h2-7,22-25,27-28H,8-9H2,1H3/b12-2-,13-3+. The molecule has 0 unspecified atom stereocenters. The zero-order valence-corrected chi connectivity index (χ0v) is 14.9. The molecule has 6 N–H and O–H groups in total. The van der Waals surface area contributed by atoms with Crippen molar-refractivity contribution < 1.29 is 35.4 Å². The number of phenols is 6. The van der Waals surface area contributed by atoms with Gasteiger partial charge >= 0.3 is 0 Å². The number of carbonyl (C=O) groups is 1. The molecule has 2 aromatic rings. The minimum atomic E-state index is -0.637. The zero-order valence-electron chi connectivity index (χ0n) is 14.9. The van der Waals surface area contributed by atoms with Crippen LogP contribution in [0.4, 0.5) is 0 Å². The van der Waals surface area contributed by atoms with E-state index in [2.05, 4.69) is 0 Å². The number of benzene rings is 2. The van der Waals surface area contributed by atoms with Gasteiger partial charge in [-0.1, -0.05) is 0 Å². The Balaban J connectivity index is 1.99. The Morgan fingerprint density at radius 3 is 1.36 bits per heavy atom. The van der Waals surface area contributed by atoms with Crippen molar-refractivity contribution in [1.29, 1.82) is 0 Å². The topological polar surface area (TPSA) is 142 Å². The molecule has 1 saturated heterocycles. The van der Waals surface area contributed by atoms with Crippen molar-refractivity contribution in [1.82, 2.24) is 4.90 Å². The highest BCUT2D eigenvalue weighted by atomic mass is 16.3. The van der Waals surface area contributed by atoms with Crippen molar-refractivity contribution in [2.24, 2.45) is 0 Å². The van der Waals surface area contributed by atoms with Crippen LogP contribution >= 0.6 is 0 Å². The highest BCUT2D eigenvalue weighted by Gasteiger charge is 2.24. The number of hydrogen-bond donors (Lipinski definition) is 6. The van der Waals surface area contributed by atoms with Gasteiger partial charge in [-0.25, -0.2) is 0 Å². The quantitative estimate of drug-likeness (QED) is 0.340. The predicted molar refractivity (Wildman–Crippen MR) is 101 cm³/mol. The first-order valence-electron chi connectivity index (χ1n) is 8.30. The van der Waals surface area contributed by atoms with Crippen molar-refractivity contribution in [2.75, 3.05) is 20.1 Å². The average Bonchev–Trinajstić information content (AvgIpc) is 2.61. The van der Waals surface area contributed by atoms with E-state index in [1.165, 1.54) is 36.4 Å². The van der Waals surface area contributed by atoms with Crippen LogP contribution in [0, 0.1) is 0 Å². The van der Waals surface area contributed by atoms with Crippen LogP contribution in [-0.4, -0.2) is 61.5 Å². The van der Waals surface area contributed by atoms with Crippen molar-refractivity contribution in [3.63, 3.8) is 0 Å². The van der Waals surface area contributed by atoms with Gasteiger partial charge in [0.25, 0.3) is 0 Å². The molecule has 0 saturated carbocycles. The smallest absolute Gasteiger partial charge is 0.200 e. The monoisotopic (exact) mass is 385 g/mol. The Morgan fingerprint density at radius 1 is 0.714 bits per heavy atom. The Labute approximate surface area is 160 Å². The van der Waals surface area contributed by atoms with E-state index in [4.69, 9.17) is 0 Å². The maximum absolute atomic E-state index is 12.8. The van der Waals surface area contributed by atoms with E-state index in [1.807, 2.05) is 4.90 Å². The molecule has 1 aliphatic heterocycles. The normalized spacial score (nSPS) is 18.1. The van der Waals surface area contributed by atoms with Gasteiger partial charge in [0.1, 0.15) is 0 Å². The van der Waals surface area contributed by atoms with Crippen molar-refractivity contribution in [2.45, 2.75) is 0 Å². The first-order chi connectivity index (χ1) is 13.2. The largest absolute Gasteiger partial charge is 0.504 e. The van der Waals surface area contributed by atoms with Crippen LogP contribution < -0.4 is 0 Å². The van der Waals surface area contributed by atoms with E-state index in [1.54, 1.807) is 7.05 Å². The molecule has 1 heterocycles. The summed E-state index contributed by atoms with van der Waals surface area (Å²) in [5.74, 6) is -3.58. The Bertz CT molecular complexity index is 898. The molecule has 146 valence electrons. The minimum absolute atomic E-state index is 0.280. The lowest BCUT2D eigenvalue weighted by Gasteiger charge is -2.26. The van der Waals surface area contributed by atoms with Crippen molar-refractivity contribution in [3.05, 3.63) is 46.5 Å². The van der Waals surface area contributed by atoms with E-state index >= 15 is 0 Å². The summed E-state index contributed by atoms with van der Waals surface area (Å²) in [4.78, 5) is 14.7. The maximum atomic E-state index is 12.8. The third kappa shape index (κ3) is 3.72. The molecular formula is C20H19NO7. The molecule has 0 radical (unpaired) electrons. The van der Waals surface area contributed by atoms with E-state index in [9.17, 15) is 35.4 Å². The summed E-state index contributed by atoms with van der Waals surface area (Å²) in [7, 11) is 1.80. The van der Waals surface area contributed by atoms with Gasteiger partial charge in [-0.15, -0.1) is 0 Å². The van der Waals surface area contributed by atoms with Crippen LogP contribution in [0.25, 0.3) is 12.2 Å². The fraction of sp³-hybridized carbons (Fsp3) is 0.150. The Hall–Kier alpha value is -3.65. The fourth-order valence-corrected chi connectivity index (χ4v) is 3.03. The Kier molecular flexibility index (Phi) is 4.89. The number of hydrogen-bond acceptors (Lipinski definition) is 8. The lowest BCUT2D eigenvalue weighted by molar-refractivity contribution is -0.113. The highest BCUT2D eigenvalue weighted by molar-refractivity contribution is 6.14. The summed E-state index contributed by atoms with van der Waals surface area (Å²) >= 11 is 0. The van der Waals surface area contributed by atoms with Crippen LogP contribution in [0.5, 0.6) is 34.5 Å². The van der Waals surface area contributed by atoms with Gasteiger partial charge in [0.2, 0.25) is 0 Å². The number of rotatable bonds is 2. The number of phenolic OH excluding ortho intramolecular Hbond substituents is 6. The number of nitrogens with zero attached hydrogens (tertiary/aromatic N) is 1. The number of carbonyl (C=O) groups excluding carboxylic acids is 1. The summed E-state index contributed by atoms with van der Waals surface area (Å²) < 4.78 is 0. The summed E-state index contributed by atoms with van der Waals surface area (Å²) in [6.07, 6.45) is 2.99. The van der Waals surface area contributed by atoms with E-state index in [0.717, 1.165) is 0 Å². The van der Waals surface area contributed by atoms with Crippen LogP contribution in [0.3, 0.4) is 0 Å².